The molecule has 0 aliphatic rings. The summed E-state index contributed by atoms with van der Waals surface area (Å²) in [6, 6.07) is 4.04. The molecule has 18 heteroatoms. The normalized spacial score (nSPS) is 15.1. The third-order valence-corrected chi connectivity index (χ3v) is 5.84. The van der Waals surface area contributed by atoms with Gasteiger partial charge in [0.2, 0.25) is 0 Å². The maximum absolute atomic E-state index is 14.3. The number of halogens is 14. The van der Waals surface area contributed by atoms with Gasteiger partial charge in [-0.05, 0) is 28.5 Å². The van der Waals surface area contributed by atoms with Crippen LogP contribution in [-0.4, -0.2) is 54.9 Å². The van der Waals surface area contributed by atoms with E-state index >= 15 is 0 Å². The van der Waals surface area contributed by atoms with Gasteiger partial charge < -0.3 is 0 Å². The van der Waals surface area contributed by atoms with Crippen molar-refractivity contribution in [1.82, 2.24) is 0 Å². The summed E-state index contributed by atoms with van der Waals surface area (Å²) in [5, 5.41) is -0.966. The largest absolute Gasteiger partial charge is 0.384 e. The van der Waals surface area contributed by atoms with Gasteiger partial charge in [-0.2, -0.15) is 61.1 Å². The average molecular weight is 572 g/mol. The molecule has 0 atom stereocenters. The van der Waals surface area contributed by atoms with E-state index in [-0.39, 0.29) is 5.39 Å². The fraction of sp³-hybridized carbons (Fsp3) is 0.444. The van der Waals surface area contributed by atoms with Crippen LogP contribution < -0.4 is 0 Å². The highest BCUT2D eigenvalue weighted by Gasteiger charge is 2.91. The van der Waals surface area contributed by atoms with Crippen molar-refractivity contribution in [2.75, 3.05) is 0 Å². The second-order valence-corrected chi connectivity index (χ2v) is 8.80. The van der Waals surface area contributed by atoms with E-state index in [1.807, 2.05) is 0 Å². The van der Waals surface area contributed by atoms with Gasteiger partial charge in [0.05, 0.1) is 4.90 Å². The van der Waals surface area contributed by atoms with Gasteiger partial charge in [0.1, 0.15) is 0 Å². The van der Waals surface area contributed by atoms with Crippen molar-refractivity contribution >= 4 is 20.9 Å². The SMILES string of the molecule is O=S(=O)(O)c1ccc2c(CC(F)(F)C(F)(F)C(F)(F)C(F)(F)C(F)(F)C(F)(F)C(F)F)cccc2c1. The summed E-state index contributed by atoms with van der Waals surface area (Å²) in [5.41, 5.74) is -1.07. The quantitative estimate of drug-likeness (QED) is 0.269. The minimum Gasteiger partial charge on any atom is -0.282 e. The highest BCUT2D eigenvalue weighted by atomic mass is 32.2. The minimum atomic E-state index is -8.12. The molecular weight excluding hydrogens is 562 g/mol. The number of hydrogen-bond donors (Lipinski definition) is 1. The monoisotopic (exact) mass is 572 g/mol. The summed E-state index contributed by atoms with van der Waals surface area (Å²) >= 11 is 0. The Kier molecular flexibility index (Phi) is 7.13. The standard InChI is InChI=1S/C18H10F14O3S/c19-12(20)14(23,24)16(27,28)18(31,32)17(29,30)15(25,26)13(21,22)7-9-3-1-2-8-6-10(36(33,34)35)4-5-11(8)9/h1-6,12H,7H2,(H,33,34,35). The fourth-order valence-electron chi connectivity index (χ4n) is 2.96. The lowest BCUT2D eigenvalue weighted by molar-refractivity contribution is -0.432. The Balaban J connectivity index is 2.59. The van der Waals surface area contributed by atoms with Gasteiger partial charge in [0.15, 0.2) is 0 Å². The van der Waals surface area contributed by atoms with Crippen LogP contribution in [-0.2, 0) is 16.5 Å². The molecule has 36 heavy (non-hydrogen) atoms. The maximum atomic E-state index is 14.3. The minimum absolute atomic E-state index is 0.387. The number of hydrogen-bond acceptors (Lipinski definition) is 2. The van der Waals surface area contributed by atoms with Crippen LogP contribution in [0.25, 0.3) is 10.8 Å². The molecule has 0 heterocycles. The molecule has 0 spiro atoms. The molecule has 0 fully saturated rings. The molecule has 0 amide bonds. The van der Waals surface area contributed by atoms with Crippen LogP contribution >= 0.6 is 0 Å². The van der Waals surface area contributed by atoms with E-state index in [0.29, 0.717) is 24.3 Å². The molecule has 2 aromatic carbocycles. The molecule has 0 aliphatic heterocycles. The Bertz CT molecular complexity index is 1240. The van der Waals surface area contributed by atoms with Crippen LogP contribution in [0.15, 0.2) is 41.3 Å². The van der Waals surface area contributed by atoms with Crippen molar-refractivity contribution in [3.63, 3.8) is 0 Å². The van der Waals surface area contributed by atoms with Crippen molar-refractivity contribution < 1.29 is 74.4 Å². The van der Waals surface area contributed by atoms with E-state index in [2.05, 4.69) is 0 Å². The molecule has 0 radical (unpaired) electrons. The average Bonchev–Trinajstić information content (AvgIpc) is 2.71. The van der Waals surface area contributed by atoms with E-state index in [4.69, 9.17) is 4.55 Å². The maximum Gasteiger partial charge on any atom is 0.384 e. The first-order valence-corrected chi connectivity index (χ1v) is 10.3. The number of fused-ring (bicyclic) bond motifs is 1. The molecule has 0 bridgehead atoms. The second kappa shape index (κ2) is 8.59. The molecule has 2 aromatic rings. The zero-order valence-electron chi connectivity index (χ0n) is 16.7. The Hall–Kier alpha value is -2.37. The number of rotatable bonds is 9. The Morgan fingerprint density at radius 1 is 0.722 bits per heavy atom. The summed E-state index contributed by atoms with van der Waals surface area (Å²) in [5.74, 6) is -45.3. The molecule has 204 valence electrons. The van der Waals surface area contributed by atoms with Crippen LogP contribution in [0.1, 0.15) is 5.56 Å². The third kappa shape index (κ3) is 4.35. The lowest BCUT2D eigenvalue weighted by Gasteiger charge is -2.41. The van der Waals surface area contributed by atoms with Crippen molar-refractivity contribution in [3.05, 3.63) is 42.0 Å². The molecule has 0 saturated carbocycles. The van der Waals surface area contributed by atoms with Crippen molar-refractivity contribution in [2.24, 2.45) is 0 Å². The third-order valence-electron chi connectivity index (χ3n) is 4.99. The first kappa shape index (κ1) is 29.9. The summed E-state index contributed by atoms with van der Waals surface area (Å²) in [6.07, 6.45) is -8.39. The van der Waals surface area contributed by atoms with Crippen LogP contribution in [0.4, 0.5) is 61.5 Å². The Morgan fingerprint density at radius 2 is 1.22 bits per heavy atom. The van der Waals surface area contributed by atoms with E-state index in [1.165, 1.54) is 0 Å². The van der Waals surface area contributed by atoms with Gasteiger partial charge in [-0.25, -0.2) is 8.78 Å². The molecule has 0 saturated heterocycles. The van der Waals surface area contributed by atoms with Gasteiger partial charge >= 0.3 is 42.0 Å². The van der Waals surface area contributed by atoms with E-state index < -0.39 is 74.3 Å². The molecule has 0 unspecified atom stereocenters. The summed E-state index contributed by atoms with van der Waals surface area (Å²) in [4.78, 5) is -0.836. The first-order chi connectivity index (χ1) is 15.9. The predicted octanol–water partition coefficient (Wildman–Crippen LogP) is 6.71. The fourth-order valence-corrected chi connectivity index (χ4v) is 3.48. The number of alkyl halides is 14. The van der Waals surface area contributed by atoms with Gasteiger partial charge in [-0.15, -0.1) is 0 Å². The van der Waals surface area contributed by atoms with Gasteiger partial charge in [0.25, 0.3) is 10.1 Å². The van der Waals surface area contributed by atoms with Gasteiger partial charge in [-0.1, -0.05) is 24.3 Å². The molecule has 0 aromatic heterocycles. The van der Waals surface area contributed by atoms with Crippen molar-refractivity contribution in [2.45, 2.75) is 53.3 Å². The van der Waals surface area contributed by atoms with E-state index in [0.717, 1.165) is 12.1 Å². The topological polar surface area (TPSA) is 54.4 Å². The molecule has 2 rings (SSSR count). The van der Waals surface area contributed by atoms with Crippen molar-refractivity contribution in [1.29, 1.82) is 0 Å². The van der Waals surface area contributed by atoms with Crippen LogP contribution in [0.5, 0.6) is 0 Å². The Labute approximate surface area is 191 Å². The van der Waals surface area contributed by atoms with E-state index in [9.17, 15) is 69.9 Å². The summed E-state index contributed by atoms with van der Waals surface area (Å²) in [7, 11) is -4.87. The molecule has 3 nitrogen and oxygen atoms in total. The van der Waals surface area contributed by atoms with E-state index in [1.54, 1.807) is 0 Å². The molecule has 1 N–H and O–H groups in total. The van der Waals surface area contributed by atoms with Crippen LogP contribution in [0.3, 0.4) is 0 Å². The lowest BCUT2D eigenvalue weighted by atomic mass is 9.88. The van der Waals surface area contributed by atoms with Crippen molar-refractivity contribution in [3.8, 4) is 0 Å². The highest BCUT2D eigenvalue weighted by Crippen LogP contribution is 2.61. The Morgan fingerprint density at radius 3 is 1.69 bits per heavy atom. The molecule has 0 aliphatic carbocycles. The van der Waals surface area contributed by atoms with Crippen LogP contribution in [0.2, 0.25) is 0 Å². The summed E-state index contributed by atoms with van der Waals surface area (Å²) in [6.45, 7) is 0. The first-order valence-electron chi connectivity index (χ1n) is 8.90. The lowest BCUT2D eigenvalue weighted by Crippen LogP contribution is -2.71. The highest BCUT2D eigenvalue weighted by molar-refractivity contribution is 7.85. The molecular formula is C18H10F14O3S. The zero-order valence-corrected chi connectivity index (χ0v) is 17.5. The smallest absolute Gasteiger partial charge is 0.282 e. The second-order valence-electron chi connectivity index (χ2n) is 7.38. The zero-order chi connectivity index (χ0) is 28.3. The van der Waals surface area contributed by atoms with Gasteiger partial charge in [0, 0.05) is 6.42 Å². The number of benzene rings is 2. The van der Waals surface area contributed by atoms with Gasteiger partial charge in [-0.3, -0.25) is 4.55 Å². The predicted molar refractivity (Wildman–Crippen MR) is 93.2 cm³/mol. The van der Waals surface area contributed by atoms with Crippen LogP contribution in [0, 0.1) is 0 Å². The summed E-state index contributed by atoms with van der Waals surface area (Å²) < 4.78 is 219.